The van der Waals surface area contributed by atoms with Gasteiger partial charge in [-0.05, 0) is 132 Å². The number of hydrogen-bond donors (Lipinski definition) is 0. The van der Waals surface area contributed by atoms with E-state index in [4.69, 9.17) is 28.4 Å². The Labute approximate surface area is 388 Å². The van der Waals surface area contributed by atoms with Crippen LogP contribution in [0, 0.1) is 13.8 Å². The molecule has 334 valence electrons. The van der Waals surface area contributed by atoms with Crippen molar-refractivity contribution in [1.82, 2.24) is 0 Å². The first-order valence-corrected chi connectivity index (χ1v) is 22.7. The van der Waals surface area contributed by atoms with Crippen LogP contribution in [0.4, 0.5) is 34.1 Å². The van der Waals surface area contributed by atoms with E-state index in [9.17, 15) is 0 Å². The lowest BCUT2D eigenvalue weighted by molar-refractivity contribution is -0.132. The Balaban J connectivity index is 0.819. The van der Waals surface area contributed by atoms with Crippen LogP contribution in [0.5, 0.6) is 11.5 Å². The summed E-state index contributed by atoms with van der Waals surface area (Å²) in [6, 6.07) is 59.5. The van der Waals surface area contributed by atoms with Crippen molar-refractivity contribution in [3.05, 3.63) is 203 Å². The van der Waals surface area contributed by atoms with Gasteiger partial charge in [-0.15, -0.1) is 0 Å². The standard InChI is InChI=1S/C58H56N2O6/c1-43-37-53(63-34-33-61-39-56-42-66-56)29-31-57(43)59(49-9-5-3-6-10-49)51-25-21-47(22-26-51)19-17-45-13-15-46(16-14-45)18-20-48-23-27-52(28-24-48)60(50-11-7-4-8-12-50)58-32-30-54(38-44(58)2)64-35-36-65-55-40-62-41-55/h3-32,37-38,55-56H,33-36,39-42H2,1-2H3/b19-17+,20-18+. The molecule has 2 aliphatic heterocycles. The molecule has 0 radical (unpaired) electrons. The predicted molar refractivity (Wildman–Crippen MR) is 268 cm³/mol. The molecule has 8 heteroatoms. The highest BCUT2D eigenvalue weighted by Crippen LogP contribution is 2.39. The summed E-state index contributed by atoms with van der Waals surface area (Å²) >= 11 is 0. The average Bonchev–Trinajstić information content (AvgIpc) is 4.17. The fraction of sp³-hybridized carbons (Fsp3) is 0.207. The molecule has 0 spiro atoms. The van der Waals surface area contributed by atoms with E-state index in [2.05, 4.69) is 194 Å². The lowest BCUT2D eigenvalue weighted by Gasteiger charge is -2.27. The van der Waals surface area contributed by atoms with Crippen LogP contribution in [0.3, 0.4) is 0 Å². The Morgan fingerprint density at radius 2 is 0.879 bits per heavy atom. The Hall–Kier alpha value is -6.94. The van der Waals surface area contributed by atoms with E-state index in [-0.39, 0.29) is 12.2 Å². The summed E-state index contributed by atoms with van der Waals surface area (Å²) in [5.74, 6) is 1.66. The normalized spacial score (nSPS) is 14.6. The third-order valence-corrected chi connectivity index (χ3v) is 11.5. The molecule has 7 aromatic rings. The SMILES string of the molecule is Cc1cc(OCCOCC2CO2)ccc1N(c1ccccc1)c1ccc(/C=C/c2ccc(/C=C/c3ccc(N(c4ccccc4)c4ccc(OCCOC5COC5)cc4C)cc3)cc2)cc1. The zero-order chi connectivity index (χ0) is 44.9. The maximum atomic E-state index is 6.02. The third kappa shape index (κ3) is 11.8. The lowest BCUT2D eigenvalue weighted by Crippen LogP contribution is -2.37. The molecule has 2 saturated heterocycles. The summed E-state index contributed by atoms with van der Waals surface area (Å²) in [7, 11) is 0. The summed E-state index contributed by atoms with van der Waals surface area (Å²) in [6.45, 7) is 9.11. The molecular formula is C58H56N2O6. The number of anilines is 6. The van der Waals surface area contributed by atoms with Crippen molar-refractivity contribution in [3.8, 4) is 11.5 Å². The first-order chi connectivity index (χ1) is 32.5. The summed E-state index contributed by atoms with van der Waals surface area (Å²) in [5.41, 5.74) is 13.3. The van der Waals surface area contributed by atoms with Crippen LogP contribution in [0.1, 0.15) is 33.4 Å². The number of ether oxygens (including phenoxy) is 6. The summed E-state index contributed by atoms with van der Waals surface area (Å²) in [6.07, 6.45) is 9.10. The quantitative estimate of drug-likeness (QED) is 0.0402. The second-order valence-electron chi connectivity index (χ2n) is 16.5. The van der Waals surface area contributed by atoms with Gasteiger partial charge in [-0.1, -0.05) is 109 Å². The molecule has 8 nitrogen and oxygen atoms in total. The highest BCUT2D eigenvalue weighted by atomic mass is 16.6. The van der Waals surface area contributed by atoms with Gasteiger partial charge in [0, 0.05) is 34.1 Å². The maximum absolute atomic E-state index is 6.02. The van der Waals surface area contributed by atoms with Crippen LogP contribution >= 0.6 is 0 Å². The molecular weight excluding hydrogens is 821 g/mol. The number of aryl methyl sites for hydroxylation is 2. The number of para-hydroxylation sites is 2. The molecule has 2 heterocycles. The molecule has 1 atom stereocenters. The molecule has 0 aromatic heterocycles. The van der Waals surface area contributed by atoms with Gasteiger partial charge in [0.15, 0.2) is 0 Å². The Kier molecular flexibility index (Phi) is 14.6. The van der Waals surface area contributed by atoms with Gasteiger partial charge < -0.3 is 38.2 Å². The van der Waals surface area contributed by atoms with E-state index in [0.717, 1.165) is 85.6 Å². The molecule has 0 saturated carbocycles. The second-order valence-corrected chi connectivity index (χ2v) is 16.5. The molecule has 66 heavy (non-hydrogen) atoms. The second kappa shape index (κ2) is 21.8. The van der Waals surface area contributed by atoms with E-state index >= 15 is 0 Å². The van der Waals surface area contributed by atoms with Crippen molar-refractivity contribution in [2.75, 3.05) is 62.7 Å². The molecule has 0 aliphatic carbocycles. The first kappa shape index (κ1) is 44.3. The van der Waals surface area contributed by atoms with Crippen LogP contribution in [0.15, 0.2) is 170 Å². The minimum atomic E-state index is 0.197. The molecule has 0 N–H and O–H groups in total. The summed E-state index contributed by atoms with van der Waals surface area (Å²) < 4.78 is 33.8. The van der Waals surface area contributed by atoms with Crippen LogP contribution in [-0.2, 0) is 18.9 Å². The van der Waals surface area contributed by atoms with E-state index in [1.807, 2.05) is 24.3 Å². The smallest absolute Gasteiger partial charge is 0.119 e. The largest absolute Gasteiger partial charge is 0.491 e. The Morgan fingerprint density at radius 1 is 0.470 bits per heavy atom. The molecule has 0 amide bonds. The van der Waals surface area contributed by atoms with Crippen molar-refractivity contribution in [3.63, 3.8) is 0 Å². The summed E-state index contributed by atoms with van der Waals surface area (Å²) in [4.78, 5) is 4.57. The van der Waals surface area contributed by atoms with E-state index in [1.165, 1.54) is 0 Å². The lowest BCUT2D eigenvalue weighted by atomic mass is 10.1. The van der Waals surface area contributed by atoms with E-state index in [1.54, 1.807) is 0 Å². The van der Waals surface area contributed by atoms with Gasteiger partial charge in [0.1, 0.15) is 36.9 Å². The van der Waals surface area contributed by atoms with E-state index < -0.39 is 0 Å². The molecule has 0 bridgehead atoms. The van der Waals surface area contributed by atoms with Crippen LogP contribution in [-0.4, -0.2) is 65.1 Å². The van der Waals surface area contributed by atoms with Crippen LogP contribution in [0.25, 0.3) is 24.3 Å². The van der Waals surface area contributed by atoms with Crippen LogP contribution < -0.4 is 19.3 Å². The first-order valence-electron chi connectivity index (χ1n) is 22.7. The van der Waals surface area contributed by atoms with Crippen molar-refractivity contribution in [1.29, 1.82) is 0 Å². The number of rotatable bonds is 21. The Morgan fingerprint density at radius 3 is 1.27 bits per heavy atom. The fourth-order valence-electron chi connectivity index (χ4n) is 7.80. The molecule has 1 unspecified atom stereocenters. The summed E-state index contributed by atoms with van der Waals surface area (Å²) in [5, 5.41) is 0. The van der Waals surface area contributed by atoms with Gasteiger partial charge in [-0.3, -0.25) is 0 Å². The molecule has 2 aliphatic rings. The number of benzene rings is 7. The zero-order valence-corrected chi connectivity index (χ0v) is 37.6. The minimum Gasteiger partial charge on any atom is -0.491 e. The monoisotopic (exact) mass is 876 g/mol. The maximum Gasteiger partial charge on any atom is 0.119 e. The number of nitrogens with zero attached hydrogens (tertiary/aromatic N) is 2. The van der Waals surface area contributed by atoms with Gasteiger partial charge in [0.25, 0.3) is 0 Å². The van der Waals surface area contributed by atoms with Crippen molar-refractivity contribution >= 4 is 58.4 Å². The Bertz CT molecular complexity index is 2680. The fourth-order valence-corrected chi connectivity index (χ4v) is 7.80. The minimum absolute atomic E-state index is 0.197. The van der Waals surface area contributed by atoms with Crippen molar-refractivity contribution in [2.45, 2.75) is 26.1 Å². The topological polar surface area (TPSA) is 65.2 Å². The van der Waals surface area contributed by atoms with Crippen molar-refractivity contribution < 1.29 is 28.4 Å². The highest BCUT2D eigenvalue weighted by molar-refractivity contribution is 5.82. The van der Waals surface area contributed by atoms with Crippen LogP contribution in [0.2, 0.25) is 0 Å². The molecule has 9 rings (SSSR count). The van der Waals surface area contributed by atoms with Gasteiger partial charge >= 0.3 is 0 Å². The number of epoxide rings is 1. The molecule has 7 aromatic carbocycles. The van der Waals surface area contributed by atoms with Gasteiger partial charge in [0.05, 0.1) is 39.6 Å². The third-order valence-electron chi connectivity index (χ3n) is 11.5. The predicted octanol–water partition coefficient (Wildman–Crippen LogP) is 13.2. The van der Waals surface area contributed by atoms with Gasteiger partial charge in [-0.2, -0.15) is 0 Å². The van der Waals surface area contributed by atoms with Gasteiger partial charge in [0.2, 0.25) is 0 Å². The van der Waals surface area contributed by atoms with Gasteiger partial charge in [-0.25, -0.2) is 0 Å². The van der Waals surface area contributed by atoms with E-state index in [0.29, 0.717) is 46.2 Å². The number of hydrogen-bond acceptors (Lipinski definition) is 8. The molecule has 2 fully saturated rings. The average molecular weight is 877 g/mol. The zero-order valence-electron chi connectivity index (χ0n) is 37.6. The van der Waals surface area contributed by atoms with Crippen molar-refractivity contribution in [2.24, 2.45) is 0 Å². The highest BCUT2D eigenvalue weighted by Gasteiger charge is 2.22.